The first-order chi connectivity index (χ1) is 9.92. The highest BCUT2D eigenvalue weighted by Crippen LogP contribution is 2.34. The third-order valence-corrected chi connectivity index (χ3v) is 4.17. The van der Waals surface area contributed by atoms with E-state index in [1.165, 1.54) is 28.6 Å². The Hall–Kier alpha value is -2.13. The van der Waals surface area contributed by atoms with Crippen LogP contribution >= 0.6 is 0 Å². The Bertz CT molecular complexity index is 745. The maximum absolute atomic E-state index is 4.36. The number of hydrogen-bond acceptors (Lipinski definition) is 2. The van der Waals surface area contributed by atoms with E-state index in [2.05, 4.69) is 46.8 Å². The second-order valence-corrected chi connectivity index (χ2v) is 5.43. The van der Waals surface area contributed by atoms with Crippen molar-refractivity contribution in [3.05, 3.63) is 71.5 Å². The molecular weight excluding hydrogens is 246 g/mol. The molecule has 0 amide bonds. The lowest BCUT2D eigenvalue weighted by molar-refractivity contribution is 0.536. The number of aromatic nitrogens is 2. The Kier molecular flexibility index (Phi) is 2.78. The van der Waals surface area contributed by atoms with E-state index in [1.54, 1.807) is 0 Å². The zero-order chi connectivity index (χ0) is 13.4. The largest absolute Gasteiger partial charge is 0.312 e. The first-order valence-corrected chi connectivity index (χ1v) is 7.11. The third-order valence-electron chi connectivity index (χ3n) is 4.17. The number of fused-ring (bicyclic) bond motifs is 2. The molecule has 3 heteroatoms. The highest BCUT2D eigenvalue weighted by Gasteiger charge is 2.24. The van der Waals surface area contributed by atoms with Crippen LogP contribution in [0.1, 0.15) is 22.6 Å². The van der Waals surface area contributed by atoms with Crippen molar-refractivity contribution in [3.63, 3.8) is 0 Å². The zero-order valence-electron chi connectivity index (χ0n) is 11.3. The molecular formula is C17H17N3. The summed E-state index contributed by atoms with van der Waals surface area (Å²) in [6.07, 6.45) is 5.15. The van der Waals surface area contributed by atoms with Gasteiger partial charge in [-0.2, -0.15) is 5.10 Å². The summed E-state index contributed by atoms with van der Waals surface area (Å²) < 4.78 is 1.93. The first kappa shape index (κ1) is 11.7. The van der Waals surface area contributed by atoms with Gasteiger partial charge in [0, 0.05) is 30.8 Å². The van der Waals surface area contributed by atoms with Crippen LogP contribution in [0, 0.1) is 0 Å². The second-order valence-electron chi connectivity index (χ2n) is 5.43. The van der Waals surface area contributed by atoms with Crippen molar-refractivity contribution in [1.82, 2.24) is 14.9 Å². The van der Waals surface area contributed by atoms with Gasteiger partial charge in [-0.05, 0) is 29.7 Å². The van der Waals surface area contributed by atoms with Crippen LogP contribution in [0.3, 0.4) is 0 Å². The summed E-state index contributed by atoms with van der Waals surface area (Å²) in [6.45, 7) is 1.92. The predicted octanol–water partition coefficient (Wildman–Crippen LogP) is 2.76. The smallest absolute Gasteiger partial charge is 0.0706 e. The quantitative estimate of drug-likeness (QED) is 0.784. The zero-order valence-corrected chi connectivity index (χ0v) is 11.3. The summed E-state index contributed by atoms with van der Waals surface area (Å²) in [5, 5.41) is 7.93. The van der Waals surface area contributed by atoms with Crippen molar-refractivity contribution in [3.8, 4) is 0 Å². The highest BCUT2D eigenvalue weighted by atomic mass is 15.2. The minimum Gasteiger partial charge on any atom is -0.312 e. The normalized spacial score (nSPS) is 16.9. The number of nitrogens with zero attached hydrogens (tertiary/aromatic N) is 2. The van der Waals surface area contributed by atoms with Crippen molar-refractivity contribution in [2.45, 2.75) is 18.9 Å². The molecule has 1 aliphatic carbocycles. The molecule has 2 aromatic heterocycles. The summed E-state index contributed by atoms with van der Waals surface area (Å²) in [5.74, 6) is 0.674. The van der Waals surface area contributed by atoms with Gasteiger partial charge in [0.25, 0.3) is 0 Å². The summed E-state index contributed by atoms with van der Waals surface area (Å²) >= 11 is 0. The van der Waals surface area contributed by atoms with E-state index >= 15 is 0 Å². The summed E-state index contributed by atoms with van der Waals surface area (Å²) in [5.41, 5.74) is 5.47. The number of nitrogens with one attached hydrogen (secondary N) is 1. The van der Waals surface area contributed by atoms with Crippen molar-refractivity contribution < 1.29 is 0 Å². The van der Waals surface area contributed by atoms with Gasteiger partial charge in [0.15, 0.2) is 0 Å². The van der Waals surface area contributed by atoms with Crippen molar-refractivity contribution >= 4 is 5.52 Å². The van der Waals surface area contributed by atoms with Gasteiger partial charge >= 0.3 is 0 Å². The van der Waals surface area contributed by atoms with Gasteiger partial charge in [-0.25, -0.2) is 4.52 Å². The second kappa shape index (κ2) is 4.76. The molecule has 2 heterocycles. The SMILES string of the molecule is c1ccc2c(c1)CC2CNCc1cnn2ccccc12. The van der Waals surface area contributed by atoms with Gasteiger partial charge < -0.3 is 5.32 Å². The van der Waals surface area contributed by atoms with E-state index in [4.69, 9.17) is 0 Å². The molecule has 1 unspecified atom stereocenters. The Morgan fingerprint density at radius 3 is 3.00 bits per heavy atom. The lowest BCUT2D eigenvalue weighted by Gasteiger charge is -2.30. The van der Waals surface area contributed by atoms with Crippen LogP contribution in [0.2, 0.25) is 0 Å². The van der Waals surface area contributed by atoms with Crippen LogP contribution in [0.4, 0.5) is 0 Å². The molecule has 0 saturated carbocycles. The lowest BCUT2D eigenvalue weighted by atomic mass is 9.77. The minimum atomic E-state index is 0.674. The average molecular weight is 263 g/mol. The van der Waals surface area contributed by atoms with Crippen molar-refractivity contribution in [2.24, 2.45) is 0 Å². The Morgan fingerprint density at radius 1 is 1.15 bits per heavy atom. The standard InChI is InChI=1S/C17H17N3/c1-2-6-16-13(5-1)9-14(16)10-18-11-15-12-19-20-8-4-3-7-17(15)20/h1-8,12,14,18H,9-11H2. The fraction of sp³-hybridized carbons (Fsp3) is 0.235. The van der Waals surface area contributed by atoms with Gasteiger partial charge in [0.05, 0.1) is 11.7 Å². The van der Waals surface area contributed by atoms with Gasteiger partial charge in [-0.1, -0.05) is 30.3 Å². The third kappa shape index (κ3) is 1.91. The molecule has 0 aliphatic heterocycles. The molecule has 100 valence electrons. The van der Waals surface area contributed by atoms with E-state index in [0.29, 0.717) is 5.92 Å². The maximum atomic E-state index is 4.36. The van der Waals surface area contributed by atoms with Crippen LogP contribution < -0.4 is 5.32 Å². The van der Waals surface area contributed by atoms with Gasteiger partial charge in [0.1, 0.15) is 0 Å². The van der Waals surface area contributed by atoms with Gasteiger partial charge in [-0.15, -0.1) is 0 Å². The number of pyridine rings is 1. The molecule has 4 rings (SSSR count). The maximum Gasteiger partial charge on any atom is 0.0706 e. The molecule has 3 nitrogen and oxygen atoms in total. The highest BCUT2D eigenvalue weighted by molar-refractivity contribution is 5.53. The average Bonchev–Trinajstić information content (AvgIpc) is 2.87. The summed E-state index contributed by atoms with van der Waals surface area (Å²) in [7, 11) is 0. The van der Waals surface area contributed by atoms with Gasteiger partial charge in [0.2, 0.25) is 0 Å². The molecule has 3 aromatic rings. The lowest BCUT2D eigenvalue weighted by Crippen LogP contribution is -2.28. The molecule has 1 aromatic carbocycles. The molecule has 1 aliphatic rings. The van der Waals surface area contributed by atoms with Crippen LogP contribution in [0.5, 0.6) is 0 Å². The number of hydrogen-bond donors (Lipinski definition) is 1. The molecule has 0 fully saturated rings. The molecule has 0 radical (unpaired) electrons. The molecule has 20 heavy (non-hydrogen) atoms. The van der Waals surface area contributed by atoms with Crippen LogP contribution in [-0.4, -0.2) is 16.2 Å². The topological polar surface area (TPSA) is 29.3 Å². The monoisotopic (exact) mass is 263 g/mol. The Morgan fingerprint density at radius 2 is 2.05 bits per heavy atom. The van der Waals surface area contributed by atoms with E-state index in [1.807, 2.05) is 23.0 Å². The van der Waals surface area contributed by atoms with E-state index in [9.17, 15) is 0 Å². The fourth-order valence-electron chi connectivity index (χ4n) is 3.05. The van der Waals surface area contributed by atoms with Crippen molar-refractivity contribution in [1.29, 1.82) is 0 Å². The molecule has 1 N–H and O–H groups in total. The van der Waals surface area contributed by atoms with E-state index in [-0.39, 0.29) is 0 Å². The fourth-order valence-corrected chi connectivity index (χ4v) is 3.05. The summed E-state index contributed by atoms with van der Waals surface area (Å²) in [6, 6.07) is 14.9. The summed E-state index contributed by atoms with van der Waals surface area (Å²) in [4.78, 5) is 0. The van der Waals surface area contributed by atoms with Crippen molar-refractivity contribution in [2.75, 3.05) is 6.54 Å². The minimum absolute atomic E-state index is 0.674. The van der Waals surface area contributed by atoms with Crippen LogP contribution in [0.25, 0.3) is 5.52 Å². The van der Waals surface area contributed by atoms with Gasteiger partial charge in [-0.3, -0.25) is 0 Å². The molecule has 0 bridgehead atoms. The Balaban J connectivity index is 1.40. The molecule has 1 atom stereocenters. The van der Waals surface area contributed by atoms with Crippen LogP contribution in [0.15, 0.2) is 54.9 Å². The first-order valence-electron chi connectivity index (χ1n) is 7.11. The van der Waals surface area contributed by atoms with E-state index < -0.39 is 0 Å². The number of rotatable bonds is 4. The Labute approximate surface area is 118 Å². The number of benzene rings is 1. The van der Waals surface area contributed by atoms with E-state index in [0.717, 1.165) is 13.1 Å². The predicted molar refractivity (Wildman–Crippen MR) is 79.8 cm³/mol. The molecule has 0 spiro atoms. The molecule has 0 saturated heterocycles. The van der Waals surface area contributed by atoms with Crippen LogP contribution in [-0.2, 0) is 13.0 Å².